The summed E-state index contributed by atoms with van der Waals surface area (Å²) in [5.74, 6) is 3.93. The molecule has 0 amide bonds. The average molecular weight is 260 g/mol. The molecule has 1 rings (SSSR count). The van der Waals surface area contributed by atoms with Gasteiger partial charge in [-0.3, -0.25) is 10.1 Å². The lowest BCUT2D eigenvalue weighted by molar-refractivity contribution is -0.384. The summed E-state index contributed by atoms with van der Waals surface area (Å²) in [5, 5.41) is 22.8. The molecular weight excluding hydrogens is 252 g/mol. The predicted octanol–water partition coefficient (Wildman–Crippen LogP) is 2.34. The minimum Gasteiger partial charge on any atom is -0.478 e. The average Bonchev–Trinajstić information content (AvgIpc) is 2.38. The SMILES string of the molecule is [N-]=[N+]=NCCC#Cc1ccc([N+](=O)[O-])cc1C(=O)O. The Balaban J connectivity index is 3.03. The van der Waals surface area contributed by atoms with Crippen LogP contribution in [0.4, 0.5) is 5.69 Å². The highest BCUT2D eigenvalue weighted by Crippen LogP contribution is 2.17. The second kappa shape index (κ2) is 6.64. The molecule has 0 saturated heterocycles. The van der Waals surface area contributed by atoms with Crippen LogP contribution in [0, 0.1) is 22.0 Å². The fraction of sp³-hybridized carbons (Fsp3) is 0.182. The number of non-ortho nitro benzene ring substituents is 1. The highest BCUT2D eigenvalue weighted by molar-refractivity contribution is 5.91. The van der Waals surface area contributed by atoms with Crippen molar-refractivity contribution in [2.24, 2.45) is 5.11 Å². The van der Waals surface area contributed by atoms with Gasteiger partial charge >= 0.3 is 5.97 Å². The zero-order valence-electron chi connectivity index (χ0n) is 9.61. The van der Waals surface area contributed by atoms with E-state index >= 15 is 0 Å². The van der Waals surface area contributed by atoms with Gasteiger partial charge in [-0.05, 0) is 11.6 Å². The number of benzene rings is 1. The topological polar surface area (TPSA) is 129 Å². The fourth-order valence-corrected chi connectivity index (χ4v) is 1.24. The second-order valence-corrected chi connectivity index (χ2v) is 3.30. The maximum atomic E-state index is 11.0. The smallest absolute Gasteiger partial charge is 0.337 e. The zero-order valence-corrected chi connectivity index (χ0v) is 9.61. The summed E-state index contributed by atoms with van der Waals surface area (Å²) in [6, 6.07) is 3.42. The Hall–Kier alpha value is -3.04. The third-order valence-electron chi connectivity index (χ3n) is 2.07. The van der Waals surface area contributed by atoms with Crippen molar-refractivity contribution in [3.8, 4) is 11.8 Å². The van der Waals surface area contributed by atoms with Gasteiger partial charge in [0.05, 0.1) is 10.5 Å². The van der Waals surface area contributed by atoms with Crippen LogP contribution in [0.25, 0.3) is 10.4 Å². The largest absolute Gasteiger partial charge is 0.478 e. The number of nitrogens with zero attached hydrogens (tertiary/aromatic N) is 4. The van der Waals surface area contributed by atoms with E-state index in [1.165, 1.54) is 12.1 Å². The zero-order chi connectivity index (χ0) is 14.3. The summed E-state index contributed by atoms with van der Waals surface area (Å²) < 4.78 is 0. The van der Waals surface area contributed by atoms with E-state index in [4.69, 9.17) is 10.6 Å². The molecule has 0 spiro atoms. The Morgan fingerprint density at radius 1 is 1.58 bits per heavy atom. The lowest BCUT2D eigenvalue weighted by Gasteiger charge is -1.98. The first-order valence-corrected chi connectivity index (χ1v) is 5.07. The lowest BCUT2D eigenvalue weighted by Crippen LogP contribution is -2.01. The van der Waals surface area contributed by atoms with Crippen molar-refractivity contribution in [1.82, 2.24) is 0 Å². The third-order valence-corrected chi connectivity index (χ3v) is 2.07. The monoisotopic (exact) mass is 260 g/mol. The molecule has 0 saturated carbocycles. The molecule has 0 heterocycles. The van der Waals surface area contributed by atoms with Gasteiger partial charge in [0, 0.05) is 35.6 Å². The van der Waals surface area contributed by atoms with Gasteiger partial charge in [0.1, 0.15) is 0 Å². The molecule has 0 aliphatic carbocycles. The van der Waals surface area contributed by atoms with Crippen LogP contribution < -0.4 is 0 Å². The summed E-state index contributed by atoms with van der Waals surface area (Å²) in [6.07, 6.45) is 0.278. The van der Waals surface area contributed by atoms with Gasteiger partial charge in [0.2, 0.25) is 0 Å². The van der Waals surface area contributed by atoms with E-state index in [1.54, 1.807) is 0 Å². The van der Waals surface area contributed by atoms with Crippen LogP contribution in [-0.4, -0.2) is 22.5 Å². The van der Waals surface area contributed by atoms with E-state index in [0.29, 0.717) is 0 Å². The Bertz CT molecular complexity index is 623. The van der Waals surface area contributed by atoms with Crippen molar-refractivity contribution in [2.45, 2.75) is 6.42 Å². The molecule has 0 fully saturated rings. The molecule has 0 aromatic heterocycles. The van der Waals surface area contributed by atoms with Gasteiger partial charge in [-0.25, -0.2) is 4.79 Å². The maximum Gasteiger partial charge on any atom is 0.337 e. The summed E-state index contributed by atoms with van der Waals surface area (Å²) >= 11 is 0. The Morgan fingerprint density at radius 3 is 2.89 bits per heavy atom. The Labute approximate surface area is 107 Å². The van der Waals surface area contributed by atoms with Crippen LogP contribution in [0.1, 0.15) is 22.3 Å². The van der Waals surface area contributed by atoms with Gasteiger partial charge < -0.3 is 5.11 Å². The van der Waals surface area contributed by atoms with Gasteiger partial charge in [-0.2, -0.15) is 0 Å². The first-order chi connectivity index (χ1) is 9.06. The number of nitro groups is 1. The molecule has 0 radical (unpaired) electrons. The van der Waals surface area contributed by atoms with Gasteiger partial charge in [-0.1, -0.05) is 17.0 Å². The Morgan fingerprint density at radius 2 is 2.32 bits per heavy atom. The van der Waals surface area contributed by atoms with Crippen LogP contribution in [0.2, 0.25) is 0 Å². The highest BCUT2D eigenvalue weighted by Gasteiger charge is 2.14. The Kier molecular flexibility index (Phi) is 4.90. The van der Waals surface area contributed by atoms with Gasteiger partial charge in [0.15, 0.2) is 0 Å². The minimum absolute atomic E-state index is 0.179. The third kappa shape index (κ3) is 4.03. The molecule has 1 N–H and O–H groups in total. The molecule has 8 heteroatoms. The molecule has 1 aromatic carbocycles. The van der Waals surface area contributed by atoms with Crippen LogP contribution in [0.5, 0.6) is 0 Å². The van der Waals surface area contributed by atoms with Crippen molar-refractivity contribution in [3.05, 3.63) is 49.9 Å². The molecule has 8 nitrogen and oxygen atoms in total. The molecule has 0 atom stereocenters. The van der Waals surface area contributed by atoms with E-state index in [2.05, 4.69) is 21.9 Å². The molecule has 1 aromatic rings. The molecule has 0 unspecified atom stereocenters. The van der Waals surface area contributed by atoms with Crippen molar-refractivity contribution in [2.75, 3.05) is 6.54 Å². The van der Waals surface area contributed by atoms with Crippen LogP contribution >= 0.6 is 0 Å². The quantitative estimate of drug-likeness (QED) is 0.169. The van der Waals surface area contributed by atoms with E-state index in [1.807, 2.05) is 0 Å². The van der Waals surface area contributed by atoms with Crippen molar-refractivity contribution >= 4 is 11.7 Å². The number of hydrogen-bond acceptors (Lipinski definition) is 4. The van der Waals surface area contributed by atoms with Gasteiger partial charge in [0.25, 0.3) is 5.69 Å². The molecule has 19 heavy (non-hydrogen) atoms. The van der Waals surface area contributed by atoms with Gasteiger partial charge in [-0.15, -0.1) is 0 Å². The summed E-state index contributed by atoms with van der Waals surface area (Å²) in [6.45, 7) is 0.179. The van der Waals surface area contributed by atoms with Crippen molar-refractivity contribution < 1.29 is 14.8 Å². The first kappa shape index (κ1) is 14.0. The molecule has 0 aliphatic rings. The van der Waals surface area contributed by atoms with Crippen LogP contribution in [-0.2, 0) is 0 Å². The summed E-state index contributed by atoms with van der Waals surface area (Å²) in [5.41, 5.74) is 7.69. The lowest BCUT2D eigenvalue weighted by atomic mass is 10.1. The fourth-order valence-electron chi connectivity index (χ4n) is 1.24. The number of carbonyl (C=O) groups is 1. The summed E-state index contributed by atoms with van der Waals surface area (Å²) in [7, 11) is 0. The predicted molar refractivity (Wildman–Crippen MR) is 65.6 cm³/mol. The standard InChI is InChI=1S/C11H8N4O4/c12-14-13-6-2-1-3-8-4-5-9(15(18)19)7-10(8)11(16)17/h4-5,7H,2,6H2,(H,16,17). The number of aromatic carboxylic acids is 1. The number of carboxylic acid groups (broad SMARTS) is 1. The number of azide groups is 1. The van der Waals surface area contributed by atoms with E-state index in [0.717, 1.165) is 6.07 Å². The molecule has 0 aliphatic heterocycles. The highest BCUT2D eigenvalue weighted by atomic mass is 16.6. The van der Waals surface area contributed by atoms with Crippen molar-refractivity contribution in [1.29, 1.82) is 0 Å². The number of nitro benzene ring substituents is 1. The normalized spacial score (nSPS) is 8.84. The second-order valence-electron chi connectivity index (χ2n) is 3.30. The van der Waals surface area contributed by atoms with Crippen LogP contribution in [0.3, 0.4) is 0 Å². The first-order valence-electron chi connectivity index (χ1n) is 5.07. The van der Waals surface area contributed by atoms with E-state index in [-0.39, 0.29) is 29.8 Å². The number of rotatable bonds is 4. The van der Waals surface area contributed by atoms with Crippen molar-refractivity contribution in [3.63, 3.8) is 0 Å². The van der Waals surface area contributed by atoms with E-state index in [9.17, 15) is 14.9 Å². The molecular formula is C11H8N4O4. The molecule has 0 bridgehead atoms. The molecule has 96 valence electrons. The minimum atomic E-state index is -1.29. The van der Waals surface area contributed by atoms with E-state index < -0.39 is 10.9 Å². The number of carboxylic acids is 1. The maximum absolute atomic E-state index is 11.0. The van der Waals surface area contributed by atoms with Crippen LogP contribution in [0.15, 0.2) is 23.3 Å². The number of hydrogen-bond donors (Lipinski definition) is 1. The summed E-state index contributed by atoms with van der Waals surface area (Å²) in [4.78, 5) is 23.4.